The molecule has 5 rings (SSSR count). The Morgan fingerprint density at radius 2 is 1.78 bits per heavy atom. The van der Waals surface area contributed by atoms with Crippen molar-refractivity contribution in [1.29, 1.82) is 0 Å². The van der Waals surface area contributed by atoms with Crippen LogP contribution >= 0.6 is 22.9 Å². The van der Waals surface area contributed by atoms with Crippen LogP contribution in [0.5, 0.6) is 0 Å². The first-order valence-corrected chi connectivity index (χ1v) is 12.8. The number of aromatic nitrogens is 2. The minimum Gasteiger partial charge on any atom is -0.341 e. The van der Waals surface area contributed by atoms with Gasteiger partial charge in [-0.05, 0) is 63.0 Å². The number of carbonyl (C=O) groups excluding carboxylic acids is 1. The van der Waals surface area contributed by atoms with Crippen molar-refractivity contribution in [2.45, 2.75) is 44.7 Å². The molecule has 0 spiro atoms. The average molecular weight is 469 g/mol. The zero-order chi connectivity index (χ0) is 21.9. The van der Waals surface area contributed by atoms with Gasteiger partial charge in [0.2, 0.25) is 5.91 Å². The molecule has 0 N–H and O–H groups in total. The number of likely N-dealkylation sites (tertiary alicyclic amines) is 2. The fraction of sp³-hybridized carbons (Fsp3) is 0.440. The quantitative estimate of drug-likeness (QED) is 0.502. The molecule has 4 heterocycles. The first-order chi connectivity index (χ1) is 15.7. The predicted octanol–water partition coefficient (Wildman–Crippen LogP) is 5.41. The van der Waals surface area contributed by atoms with Crippen molar-refractivity contribution in [2.24, 2.45) is 0 Å². The molecule has 3 aromatic rings. The molecule has 0 bridgehead atoms. The molecule has 7 heteroatoms. The lowest BCUT2D eigenvalue weighted by atomic mass is 10.00. The van der Waals surface area contributed by atoms with Crippen molar-refractivity contribution >= 4 is 28.8 Å². The van der Waals surface area contributed by atoms with Crippen molar-refractivity contribution in [1.82, 2.24) is 19.4 Å². The molecule has 2 aliphatic heterocycles. The summed E-state index contributed by atoms with van der Waals surface area (Å²) in [5, 5.41) is 3.71. The molecule has 0 saturated carbocycles. The largest absolute Gasteiger partial charge is 0.341 e. The van der Waals surface area contributed by atoms with Crippen LogP contribution < -0.4 is 0 Å². The number of hydrogen-bond donors (Lipinski definition) is 0. The SMILES string of the molecule is O=C(Cn1cccc1-c1nc(-c2ccc(Cl)cc2)cs1)N1CCC(N2CCCCC2)CC1. The summed E-state index contributed by atoms with van der Waals surface area (Å²) in [6.45, 7) is 4.57. The van der Waals surface area contributed by atoms with Gasteiger partial charge in [0.15, 0.2) is 0 Å². The monoisotopic (exact) mass is 468 g/mol. The van der Waals surface area contributed by atoms with E-state index >= 15 is 0 Å². The molecule has 2 saturated heterocycles. The molecular weight excluding hydrogens is 440 g/mol. The van der Waals surface area contributed by atoms with Crippen molar-refractivity contribution < 1.29 is 4.79 Å². The zero-order valence-electron chi connectivity index (χ0n) is 18.3. The average Bonchev–Trinajstić information content (AvgIpc) is 3.50. The first kappa shape index (κ1) is 21.7. The minimum atomic E-state index is 0.203. The highest BCUT2D eigenvalue weighted by molar-refractivity contribution is 7.13. The number of thiazole rings is 1. The van der Waals surface area contributed by atoms with Crippen LogP contribution in [0.4, 0.5) is 0 Å². The topological polar surface area (TPSA) is 41.4 Å². The molecule has 0 atom stereocenters. The molecule has 1 aromatic carbocycles. The maximum absolute atomic E-state index is 13.1. The van der Waals surface area contributed by atoms with Crippen LogP contribution in [0.3, 0.4) is 0 Å². The summed E-state index contributed by atoms with van der Waals surface area (Å²) < 4.78 is 2.03. The van der Waals surface area contributed by atoms with Crippen LogP contribution in [0.2, 0.25) is 5.02 Å². The Bertz CT molecular complexity index is 1050. The molecule has 0 radical (unpaired) electrons. The number of rotatable bonds is 5. The number of piperidine rings is 2. The van der Waals surface area contributed by atoms with E-state index in [2.05, 4.69) is 10.3 Å². The van der Waals surface area contributed by atoms with E-state index in [0.717, 1.165) is 52.9 Å². The third-order valence-corrected chi connectivity index (χ3v) is 7.84. The smallest absolute Gasteiger partial charge is 0.242 e. The Morgan fingerprint density at radius 1 is 1.03 bits per heavy atom. The van der Waals surface area contributed by atoms with E-state index in [-0.39, 0.29) is 5.91 Å². The van der Waals surface area contributed by atoms with Crippen LogP contribution in [0.15, 0.2) is 48.0 Å². The maximum Gasteiger partial charge on any atom is 0.242 e. The molecule has 1 amide bonds. The van der Waals surface area contributed by atoms with Crippen molar-refractivity contribution in [3.8, 4) is 22.0 Å². The second-order valence-corrected chi connectivity index (χ2v) is 10.1. The zero-order valence-corrected chi connectivity index (χ0v) is 19.8. The highest BCUT2D eigenvalue weighted by Gasteiger charge is 2.27. The normalized spacial score (nSPS) is 18.2. The maximum atomic E-state index is 13.1. The van der Waals surface area contributed by atoms with Gasteiger partial charge in [-0.2, -0.15) is 0 Å². The van der Waals surface area contributed by atoms with Crippen molar-refractivity contribution in [3.05, 3.63) is 53.0 Å². The summed E-state index contributed by atoms with van der Waals surface area (Å²) in [5.41, 5.74) is 2.97. The van der Waals surface area contributed by atoms with E-state index in [0.29, 0.717) is 12.6 Å². The van der Waals surface area contributed by atoms with Gasteiger partial charge in [-0.25, -0.2) is 4.98 Å². The fourth-order valence-corrected chi connectivity index (χ4v) is 5.90. The number of halogens is 1. The lowest BCUT2D eigenvalue weighted by Crippen LogP contribution is -2.48. The molecule has 5 nitrogen and oxygen atoms in total. The summed E-state index contributed by atoms with van der Waals surface area (Å²) in [5.74, 6) is 0.203. The lowest BCUT2D eigenvalue weighted by Gasteiger charge is -2.40. The summed E-state index contributed by atoms with van der Waals surface area (Å²) in [6.07, 6.45) is 8.20. The van der Waals surface area contributed by atoms with E-state index in [1.165, 1.54) is 32.4 Å². The van der Waals surface area contributed by atoms with E-state index in [1.54, 1.807) is 11.3 Å². The molecule has 2 fully saturated rings. The van der Waals surface area contributed by atoms with Gasteiger partial charge in [-0.15, -0.1) is 11.3 Å². The Hall–Kier alpha value is -2.15. The van der Waals surface area contributed by atoms with E-state index in [1.807, 2.05) is 52.1 Å². The number of benzene rings is 1. The van der Waals surface area contributed by atoms with Crippen LogP contribution in [-0.2, 0) is 11.3 Å². The second-order valence-electron chi connectivity index (χ2n) is 8.77. The van der Waals surface area contributed by atoms with Crippen LogP contribution in [0.1, 0.15) is 32.1 Å². The van der Waals surface area contributed by atoms with Crippen LogP contribution in [0.25, 0.3) is 22.0 Å². The Morgan fingerprint density at radius 3 is 2.53 bits per heavy atom. The van der Waals surface area contributed by atoms with Gasteiger partial charge in [0, 0.05) is 41.3 Å². The van der Waals surface area contributed by atoms with Crippen LogP contribution in [0, 0.1) is 0 Å². The Balaban J connectivity index is 1.22. The lowest BCUT2D eigenvalue weighted by molar-refractivity contribution is -0.133. The molecule has 2 aromatic heterocycles. The Kier molecular flexibility index (Phi) is 6.62. The van der Waals surface area contributed by atoms with Gasteiger partial charge in [-0.1, -0.05) is 30.2 Å². The number of amides is 1. The van der Waals surface area contributed by atoms with Crippen LogP contribution in [-0.4, -0.2) is 57.5 Å². The Labute approximate surface area is 198 Å². The van der Waals surface area contributed by atoms with E-state index in [9.17, 15) is 4.79 Å². The minimum absolute atomic E-state index is 0.203. The van der Waals surface area contributed by atoms with E-state index < -0.39 is 0 Å². The van der Waals surface area contributed by atoms with Gasteiger partial charge < -0.3 is 14.4 Å². The summed E-state index contributed by atoms with van der Waals surface area (Å²) in [6, 6.07) is 12.4. The standard InChI is InChI=1S/C25H29ClN4OS/c26-20-8-6-19(7-9-20)22-18-32-25(27-22)23-5-4-14-30(23)17-24(31)29-15-10-21(11-16-29)28-12-2-1-3-13-28/h4-9,14,18,21H,1-3,10-13,15-17H2. The first-order valence-electron chi connectivity index (χ1n) is 11.6. The highest BCUT2D eigenvalue weighted by Crippen LogP contribution is 2.30. The van der Waals surface area contributed by atoms with Gasteiger partial charge in [0.1, 0.15) is 11.6 Å². The predicted molar refractivity (Wildman–Crippen MR) is 131 cm³/mol. The van der Waals surface area contributed by atoms with Gasteiger partial charge in [-0.3, -0.25) is 4.79 Å². The number of nitrogens with zero attached hydrogens (tertiary/aromatic N) is 4. The van der Waals surface area contributed by atoms with E-state index in [4.69, 9.17) is 16.6 Å². The molecule has 2 aliphatic rings. The molecule has 32 heavy (non-hydrogen) atoms. The summed E-state index contributed by atoms with van der Waals surface area (Å²) in [4.78, 5) is 22.6. The van der Waals surface area contributed by atoms with Crippen molar-refractivity contribution in [3.63, 3.8) is 0 Å². The summed E-state index contributed by atoms with van der Waals surface area (Å²) in [7, 11) is 0. The molecule has 168 valence electrons. The van der Waals surface area contributed by atoms with Gasteiger partial charge in [0.05, 0.1) is 11.4 Å². The number of carbonyl (C=O) groups is 1. The summed E-state index contributed by atoms with van der Waals surface area (Å²) >= 11 is 7.61. The molecular formula is C25H29ClN4OS. The fourth-order valence-electron chi connectivity index (χ4n) is 4.90. The highest BCUT2D eigenvalue weighted by atomic mass is 35.5. The molecule has 0 aliphatic carbocycles. The molecule has 0 unspecified atom stereocenters. The third-order valence-electron chi connectivity index (χ3n) is 6.72. The third kappa shape index (κ3) is 4.77. The van der Waals surface area contributed by atoms with Gasteiger partial charge in [0.25, 0.3) is 0 Å². The second kappa shape index (κ2) is 9.77. The number of hydrogen-bond acceptors (Lipinski definition) is 4. The van der Waals surface area contributed by atoms with Crippen molar-refractivity contribution in [2.75, 3.05) is 26.2 Å². The van der Waals surface area contributed by atoms with Gasteiger partial charge >= 0.3 is 0 Å².